The number of rotatable bonds is 10. The first-order valence-corrected chi connectivity index (χ1v) is 14.0. The Hall–Kier alpha value is -3.65. The zero-order valence-corrected chi connectivity index (χ0v) is 22.8. The average Bonchev–Trinajstić information content (AvgIpc) is 2.85. The summed E-state index contributed by atoms with van der Waals surface area (Å²) in [5.74, 6) is -0.0754. The van der Waals surface area contributed by atoms with Crippen LogP contribution in [0, 0.1) is 0 Å². The molecule has 0 aromatic heterocycles. The summed E-state index contributed by atoms with van der Waals surface area (Å²) >= 11 is 0. The van der Waals surface area contributed by atoms with Gasteiger partial charge in [0.1, 0.15) is 12.3 Å². The molecule has 0 heterocycles. The summed E-state index contributed by atoms with van der Waals surface area (Å²) in [6, 6.07) is 20.6. The average molecular weight is 523 g/mol. The highest BCUT2D eigenvalue weighted by molar-refractivity contribution is 7.92. The van der Waals surface area contributed by atoms with E-state index in [1.807, 2.05) is 19.1 Å². The van der Waals surface area contributed by atoms with Crippen LogP contribution in [0.1, 0.15) is 55.6 Å². The quantitative estimate of drug-likeness (QED) is 0.360. The zero-order chi connectivity index (χ0) is 27.2. The highest BCUT2D eigenvalue weighted by Crippen LogP contribution is 2.24. The molecule has 0 radical (unpaired) electrons. The van der Waals surface area contributed by atoms with E-state index in [1.54, 1.807) is 60.7 Å². The predicted molar refractivity (Wildman–Crippen MR) is 148 cm³/mol. The van der Waals surface area contributed by atoms with Crippen molar-refractivity contribution < 1.29 is 22.7 Å². The molecule has 3 rings (SSSR count). The number of benzene rings is 3. The van der Waals surface area contributed by atoms with Gasteiger partial charge >= 0.3 is 0 Å². The topological polar surface area (TPSA) is 92.8 Å². The van der Waals surface area contributed by atoms with Gasteiger partial charge in [-0.25, -0.2) is 8.42 Å². The Morgan fingerprint density at radius 3 is 2.14 bits per heavy atom. The molecule has 0 aliphatic carbocycles. The minimum Gasteiger partial charge on any atom is -0.494 e. The van der Waals surface area contributed by atoms with Crippen molar-refractivity contribution in [3.8, 4) is 5.75 Å². The number of hydrogen-bond donors (Lipinski definition) is 1. The van der Waals surface area contributed by atoms with Crippen LogP contribution in [0.3, 0.4) is 0 Å². The van der Waals surface area contributed by atoms with Gasteiger partial charge in [-0.1, -0.05) is 64.1 Å². The van der Waals surface area contributed by atoms with E-state index in [4.69, 9.17) is 4.74 Å². The van der Waals surface area contributed by atoms with Crippen LogP contribution in [0.4, 0.5) is 11.4 Å². The number of ketones is 1. The van der Waals surface area contributed by atoms with Gasteiger partial charge in [0.25, 0.3) is 0 Å². The maximum atomic E-state index is 13.0. The molecule has 3 aromatic carbocycles. The van der Waals surface area contributed by atoms with E-state index in [9.17, 15) is 18.0 Å². The summed E-state index contributed by atoms with van der Waals surface area (Å²) in [5, 5.41) is 2.71. The van der Waals surface area contributed by atoms with E-state index in [1.165, 1.54) is 0 Å². The van der Waals surface area contributed by atoms with Crippen molar-refractivity contribution in [2.24, 2.45) is 0 Å². The zero-order valence-electron chi connectivity index (χ0n) is 21.9. The van der Waals surface area contributed by atoms with E-state index >= 15 is 0 Å². The van der Waals surface area contributed by atoms with Crippen LogP contribution >= 0.6 is 0 Å². The fourth-order valence-electron chi connectivity index (χ4n) is 3.69. The van der Waals surface area contributed by atoms with Gasteiger partial charge in [-0.3, -0.25) is 13.9 Å². The van der Waals surface area contributed by atoms with Gasteiger partial charge < -0.3 is 10.1 Å². The molecule has 0 saturated carbocycles. The third-order valence-electron chi connectivity index (χ3n) is 5.71. The Balaban J connectivity index is 1.73. The van der Waals surface area contributed by atoms with Crippen LogP contribution in [0.25, 0.3) is 0 Å². The lowest BCUT2D eigenvalue weighted by molar-refractivity contribution is -0.114. The lowest BCUT2D eigenvalue weighted by Crippen LogP contribution is -2.37. The van der Waals surface area contributed by atoms with E-state index in [2.05, 4.69) is 26.1 Å². The molecule has 0 unspecified atom stereocenters. The molecule has 0 bridgehead atoms. The minimum absolute atomic E-state index is 0.0174. The molecule has 0 spiro atoms. The summed E-state index contributed by atoms with van der Waals surface area (Å²) in [6.45, 7) is 8.46. The predicted octanol–water partition coefficient (Wildman–Crippen LogP) is 5.41. The molecule has 37 heavy (non-hydrogen) atoms. The summed E-state index contributed by atoms with van der Waals surface area (Å²) in [4.78, 5) is 25.8. The largest absolute Gasteiger partial charge is 0.494 e. The highest BCUT2D eigenvalue weighted by atomic mass is 32.2. The molecule has 196 valence electrons. The van der Waals surface area contributed by atoms with Crippen molar-refractivity contribution in [2.45, 2.75) is 39.5 Å². The summed E-state index contributed by atoms with van der Waals surface area (Å²) in [6.07, 6.45) is 1.90. The molecule has 0 atom stereocenters. The van der Waals surface area contributed by atoms with Crippen LogP contribution < -0.4 is 14.4 Å². The number of amides is 1. The van der Waals surface area contributed by atoms with Gasteiger partial charge in [-0.2, -0.15) is 0 Å². The number of nitrogens with one attached hydrogen (secondary N) is 1. The molecular formula is C29H34N2O5S. The Morgan fingerprint density at radius 1 is 0.919 bits per heavy atom. The van der Waals surface area contributed by atoms with Crippen LogP contribution in [-0.2, 0) is 20.2 Å². The van der Waals surface area contributed by atoms with Crippen molar-refractivity contribution in [3.63, 3.8) is 0 Å². The molecule has 0 aliphatic heterocycles. The second-order valence-electron chi connectivity index (χ2n) is 9.90. The van der Waals surface area contributed by atoms with Crippen LogP contribution in [0.5, 0.6) is 5.75 Å². The van der Waals surface area contributed by atoms with Gasteiger partial charge in [0.05, 0.1) is 18.6 Å². The maximum absolute atomic E-state index is 13.0. The van der Waals surface area contributed by atoms with Crippen molar-refractivity contribution in [3.05, 3.63) is 89.5 Å². The number of sulfonamides is 1. The maximum Gasteiger partial charge on any atom is 0.245 e. The van der Waals surface area contributed by atoms with Gasteiger partial charge in [-0.15, -0.1) is 0 Å². The number of anilines is 2. The summed E-state index contributed by atoms with van der Waals surface area (Å²) in [7, 11) is -3.73. The van der Waals surface area contributed by atoms with Crippen molar-refractivity contribution in [1.82, 2.24) is 0 Å². The van der Waals surface area contributed by atoms with Crippen molar-refractivity contribution in [1.29, 1.82) is 0 Å². The van der Waals surface area contributed by atoms with Crippen LogP contribution in [0.2, 0.25) is 0 Å². The third kappa shape index (κ3) is 7.67. The van der Waals surface area contributed by atoms with Crippen molar-refractivity contribution >= 4 is 33.1 Å². The van der Waals surface area contributed by atoms with E-state index in [0.717, 1.165) is 22.5 Å². The van der Waals surface area contributed by atoms with E-state index in [-0.39, 0.29) is 11.2 Å². The first-order chi connectivity index (χ1) is 17.4. The van der Waals surface area contributed by atoms with Crippen LogP contribution in [0.15, 0.2) is 72.8 Å². The standard InChI is InChI=1S/C29H34N2O5S/c1-6-18-36-26-16-14-25(15-17-26)31(37(5,34)35)20-27(32)30-24-9-7-8-22(19-24)28(33)21-10-12-23(13-11-21)29(2,3)4/h7-17,19H,6,18,20H2,1-5H3,(H,30,32). The van der Waals surface area contributed by atoms with Gasteiger partial charge in [0, 0.05) is 16.8 Å². The lowest BCUT2D eigenvalue weighted by Gasteiger charge is -2.22. The molecular weight excluding hydrogens is 488 g/mol. The van der Waals surface area contributed by atoms with Gasteiger partial charge in [0.15, 0.2) is 5.78 Å². The first kappa shape index (κ1) is 27.9. The van der Waals surface area contributed by atoms with Gasteiger partial charge in [-0.05, 0) is 53.8 Å². The number of hydrogen-bond acceptors (Lipinski definition) is 5. The number of nitrogens with zero attached hydrogens (tertiary/aromatic N) is 1. The Labute approximate surface area is 219 Å². The minimum atomic E-state index is -3.73. The smallest absolute Gasteiger partial charge is 0.245 e. The second-order valence-corrected chi connectivity index (χ2v) is 11.8. The highest BCUT2D eigenvalue weighted by Gasteiger charge is 2.21. The number of carbonyl (C=O) groups is 2. The fourth-order valence-corrected chi connectivity index (χ4v) is 4.54. The van der Waals surface area contributed by atoms with Gasteiger partial charge in [0.2, 0.25) is 15.9 Å². The van der Waals surface area contributed by atoms with Crippen molar-refractivity contribution in [2.75, 3.05) is 29.0 Å². The Morgan fingerprint density at radius 2 is 1.57 bits per heavy atom. The number of ether oxygens (including phenoxy) is 1. The molecule has 0 saturated heterocycles. The normalized spacial score (nSPS) is 11.6. The molecule has 1 amide bonds. The monoisotopic (exact) mass is 522 g/mol. The molecule has 7 nitrogen and oxygen atoms in total. The first-order valence-electron chi connectivity index (χ1n) is 12.1. The second kappa shape index (κ2) is 11.6. The Kier molecular flexibility index (Phi) is 8.76. The fraction of sp³-hybridized carbons (Fsp3) is 0.310. The molecule has 1 N–H and O–H groups in total. The van der Waals surface area contributed by atoms with E-state index in [0.29, 0.717) is 34.9 Å². The third-order valence-corrected chi connectivity index (χ3v) is 6.85. The summed E-state index contributed by atoms with van der Waals surface area (Å²) < 4.78 is 31.4. The Bertz CT molecular complexity index is 1340. The molecule has 0 fully saturated rings. The van der Waals surface area contributed by atoms with Crippen LogP contribution in [-0.4, -0.2) is 39.5 Å². The molecule has 3 aromatic rings. The molecule has 8 heteroatoms. The van der Waals surface area contributed by atoms with E-state index < -0.39 is 22.5 Å². The summed E-state index contributed by atoms with van der Waals surface area (Å²) in [5.41, 5.74) is 2.83. The SMILES string of the molecule is CCCOc1ccc(N(CC(=O)Nc2cccc(C(=O)c3ccc(C(C)(C)C)cc3)c2)S(C)(=O)=O)cc1. The number of carbonyl (C=O) groups excluding carboxylic acids is 2. The lowest BCUT2D eigenvalue weighted by atomic mass is 9.86. The molecule has 0 aliphatic rings.